The Hall–Kier alpha value is -1.51. The summed E-state index contributed by atoms with van der Waals surface area (Å²) in [6, 6.07) is 15.4. The van der Waals surface area contributed by atoms with Gasteiger partial charge in [0.05, 0.1) is 5.56 Å². The number of aromatic carboxylic acids is 1. The van der Waals surface area contributed by atoms with Crippen molar-refractivity contribution in [2.75, 3.05) is 0 Å². The summed E-state index contributed by atoms with van der Waals surface area (Å²) < 4.78 is -1.18. The second-order valence-corrected chi connectivity index (χ2v) is 5.15. The molecule has 0 unspecified atom stereocenters. The molecule has 1 N–H and O–H groups in total. The monoisotopic (exact) mass is 280 g/mol. The van der Waals surface area contributed by atoms with Crippen molar-refractivity contribution in [3.05, 3.63) is 71.3 Å². The molecule has 2 aromatic carbocycles. The van der Waals surface area contributed by atoms with Crippen molar-refractivity contribution >= 4 is 29.2 Å². The average molecular weight is 281 g/mol. The normalized spacial score (nSPS) is 11.2. The molecule has 0 bridgehead atoms. The average Bonchev–Trinajstić information content (AvgIpc) is 2.40. The summed E-state index contributed by atoms with van der Waals surface area (Å²) in [5.74, 6) is -0.976. The number of carboxylic acids is 1. The van der Waals surface area contributed by atoms with Gasteiger partial charge in [-0.1, -0.05) is 65.7 Å². The molecule has 0 aliphatic heterocycles. The van der Waals surface area contributed by atoms with Crippen molar-refractivity contribution in [2.45, 2.75) is 4.33 Å². The van der Waals surface area contributed by atoms with Crippen LogP contribution in [0.1, 0.15) is 21.5 Å². The standard InChI is InChI=1S/C14H10Cl2O2/c15-14(16,11-4-2-1-3-5-11)12-8-6-10(7-9-12)13(17)18/h1-9H,(H,17,18). The molecule has 0 heterocycles. The van der Waals surface area contributed by atoms with E-state index in [4.69, 9.17) is 28.3 Å². The van der Waals surface area contributed by atoms with Crippen LogP contribution in [-0.2, 0) is 4.33 Å². The molecule has 0 amide bonds. The molecule has 0 aliphatic rings. The summed E-state index contributed by atoms with van der Waals surface area (Å²) in [7, 11) is 0. The van der Waals surface area contributed by atoms with Gasteiger partial charge >= 0.3 is 5.97 Å². The Balaban J connectivity index is 2.39. The minimum Gasteiger partial charge on any atom is -0.478 e. The Morgan fingerprint density at radius 2 is 1.39 bits per heavy atom. The summed E-state index contributed by atoms with van der Waals surface area (Å²) >= 11 is 12.7. The lowest BCUT2D eigenvalue weighted by Gasteiger charge is -2.20. The second-order valence-electron chi connectivity index (χ2n) is 3.82. The molecule has 2 rings (SSSR count). The van der Waals surface area contributed by atoms with Crippen molar-refractivity contribution in [2.24, 2.45) is 0 Å². The van der Waals surface area contributed by atoms with Crippen molar-refractivity contribution in [3.8, 4) is 0 Å². The molecule has 92 valence electrons. The molecule has 4 heteroatoms. The van der Waals surface area contributed by atoms with Crippen molar-refractivity contribution in [3.63, 3.8) is 0 Å². The Morgan fingerprint density at radius 1 is 0.889 bits per heavy atom. The minimum atomic E-state index is -1.18. The maximum atomic E-state index is 10.8. The highest BCUT2D eigenvalue weighted by Crippen LogP contribution is 2.40. The molecule has 0 saturated heterocycles. The predicted octanol–water partition coefficient (Wildman–Crippen LogP) is 4.06. The van der Waals surface area contributed by atoms with Gasteiger partial charge in [-0.05, 0) is 23.3 Å². The summed E-state index contributed by atoms with van der Waals surface area (Å²) in [6.07, 6.45) is 0. The largest absolute Gasteiger partial charge is 0.478 e. The van der Waals surface area contributed by atoms with Gasteiger partial charge in [-0.3, -0.25) is 0 Å². The van der Waals surface area contributed by atoms with Crippen molar-refractivity contribution < 1.29 is 9.90 Å². The van der Waals surface area contributed by atoms with Crippen LogP contribution in [0.25, 0.3) is 0 Å². The van der Waals surface area contributed by atoms with Gasteiger partial charge in [0.1, 0.15) is 0 Å². The molecular weight excluding hydrogens is 271 g/mol. The second kappa shape index (κ2) is 5.01. The van der Waals surface area contributed by atoms with E-state index < -0.39 is 10.3 Å². The Kier molecular flexibility index (Phi) is 3.60. The van der Waals surface area contributed by atoms with Crippen molar-refractivity contribution in [1.82, 2.24) is 0 Å². The van der Waals surface area contributed by atoms with E-state index in [9.17, 15) is 4.79 Å². The van der Waals surface area contributed by atoms with Gasteiger partial charge in [-0.2, -0.15) is 0 Å². The fourth-order valence-electron chi connectivity index (χ4n) is 1.64. The van der Waals surface area contributed by atoms with Crippen LogP contribution in [0.5, 0.6) is 0 Å². The highest BCUT2D eigenvalue weighted by atomic mass is 35.5. The zero-order valence-corrected chi connectivity index (χ0v) is 10.8. The van der Waals surface area contributed by atoms with Crippen LogP contribution < -0.4 is 0 Å². The molecule has 18 heavy (non-hydrogen) atoms. The topological polar surface area (TPSA) is 37.3 Å². The maximum Gasteiger partial charge on any atom is 0.335 e. The van der Waals surface area contributed by atoms with Crippen LogP contribution in [0.15, 0.2) is 54.6 Å². The van der Waals surface area contributed by atoms with Gasteiger partial charge in [-0.15, -0.1) is 0 Å². The van der Waals surface area contributed by atoms with E-state index in [2.05, 4.69) is 0 Å². The number of hydrogen-bond acceptors (Lipinski definition) is 1. The lowest BCUT2D eigenvalue weighted by Crippen LogP contribution is -2.12. The number of benzene rings is 2. The van der Waals surface area contributed by atoms with Crippen LogP contribution in [-0.4, -0.2) is 11.1 Å². The fourth-order valence-corrected chi connectivity index (χ4v) is 2.14. The summed E-state index contributed by atoms with van der Waals surface area (Å²) in [6.45, 7) is 0. The number of alkyl halides is 2. The smallest absolute Gasteiger partial charge is 0.335 e. The lowest BCUT2D eigenvalue weighted by atomic mass is 10.0. The highest BCUT2D eigenvalue weighted by Gasteiger charge is 2.28. The van der Waals surface area contributed by atoms with E-state index >= 15 is 0 Å². The molecule has 0 saturated carbocycles. The minimum absolute atomic E-state index is 0.205. The predicted molar refractivity (Wildman–Crippen MR) is 72.3 cm³/mol. The molecule has 2 nitrogen and oxygen atoms in total. The third-order valence-corrected chi connectivity index (χ3v) is 3.50. The van der Waals surface area contributed by atoms with Crippen LogP contribution in [0, 0.1) is 0 Å². The lowest BCUT2D eigenvalue weighted by molar-refractivity contribution is 0.0697. The Morgan fingerprint density at radius 3 is 1.89 bits per heavy atom. The molecule has 0 spiro atoms. The number of carbonyl (C=O) groups is 1. The Labute approximate surface area is 115 Å². The van der Waals surface area contributed by atoms with Crippen LogP contribution in [0.3, 0.4) is 0 Å². The first-order valence-electron chi connectivity index (χ1n) is 5.29. The zero-order valence-electron chi connectivity index (χ0n) is 9.31. The summed E-state index contributed by atoms with van der Waals surface area (Å²) in [4.78, 5) is 10.8. The number of rotatable bonds is 3. The van der Waals surface area contributed by atoms with E-state index in [1.165, 1.54) is 12.1 Å². The molecule has 0 atom stereocenters. The van der Waals surface area contributed by atoms with E-state index in [0.717, 1.165) is 5.56 Å². The summed E-state index contributed by atoms with van der Waals surface area (Å²) in [5, 5.41) is 8.83. The van der Waals surface area contributed by atoms with E-state index in [1.54, 1.807) is 12.1 Å². The first-order valence-corrected chi connectivity index (χ1v) is 6.04. The maximum absolute atomic E-state index is 10.8. The number of hydrogen-bond donors (Lipinski definition) is 1. The Bertz CT molecular complexity index is 548. The molecule has 0 aliphatic carbocycles. The van der Waals surface area contributed by atoms with E-state index in [0.29, 0.717) is 5.56 Å². The SMILES string of the molecule is O=C(O)c1ccc(C(Cl)(Cl)c2ccccc2)cc1. The molecular formula is C14H10Cl2O2. The first kappa shape index (κ1) is 12.9. The number of carboxylic acid groups (broad SMARTS) is 1. The summed E-state index contributed by atoms with van der Waals surface area (Å²) in [5.41, 5.74) is 1.59. The molecule has 0 aromatic heterocycles. The van der Waals surface area contributed by atoms with E-state index in [-0.39, 0.29) is 5.56 Å². The molecule has 0 radical (unpaired) electrons. The zero-order chi connectivity index (χ0) is 13.2. The van der Waals surface area contributed by atoms with Gasteiger partial charge in [0.2, 0.25) is 0 Å². The fraction of sp³-hybridized carbons (Fsp3) is 0.0714. The molecule has 2 aromatic rings. The van der Waals surface area contributed by atoms with E-state index in [1.807, 2.05) is 30.3 Å². The van der Waals surface area contributed by atoms with Crippen molar-refractivity contribution in [1.29, 1.82) is 0 Å². The van der Waals surface area contributed by atoms with Crippen LogP contribution in [0.2, 0.25) is 0 Å². The van der Waals surface area contributed by atoms with Gasteiger partial charge in [0, 0.05) is 0 Å². The van der Waals surface area contributed by atoms with Gasteiger partial charge < -0.3 is 5.11 Å². The molecule has 0 fully saturated rings. The van der Waals surface area contributed by atoms with Gasteiger partial charge in [0.25, 0.3) is 0 Å². The van der Waals surface area contributed by atoms with Crippen LogP contribution >= 0.6 is 23.2 Å². The van der Waals surface area contributed by atoms with Gasteiger partial charge in [-0.25, -0.2) is 4.79 Å². The third kappa shape index (κ3) is 2.50. The highest BCUT2D eigenvalue weighted by molar-refractivity contribution is 6.50. The number of halogens is 2. The quantitative estimate of drug-likeness (QED) is 0.861. The van der Waals surface area contributed by atoms with Crippen LogP contribution in [0.4, 0.5) is 0 Å². The van der Waals surface area contributed by atoms with Gasteiger partial charge in [0.15, 0.2) is 4.33 Å². The first-order chi connectivity index (χ1) is 8.51. The third-order valence-electron chi connectivity index (χ3n) is 2.63.